The Hall–Kier alpha value is -4.15. The number of allylic oxidation sites excluding steroid dienone is 1. The second-order valence-corrected chi connectivity index (χ2v) is 10.8. The lowest BCUT2D eigenvalue weighted by atomic mass is 9.94. The van der Waals surface area contributed by atoms with Crippen molar-refractivity contribution in [3.63, 3.8) is 0 Å². The number of aromatic nitrogens is 1. The Labute approximate surface area is 243 Å². The van der Waals surface area contributed by atoms with Crippen LogP contribution in [0.2, 0.25) is 0 Å². The van der Waals surface area contributed by atoms with Gasteiger partial charge in [-0.2, -0.15) is 0 Å². The normalized spacial score (nSPS) is 14.8. The number of hydrogen-bond donors (Lipinski definition) is 1. The Kier molecular flexibility index (Phi) is 7.90. The SMILES string of the molecule is COc1ccc([C@H]2C(C(=O)Nc3ccccc3)=C(C)N=c3s/c(=C\c4ccc(OC)c(Br)c4)c(=O)n32)c(OC)c1. The maximum absolute atomic E-state index is 14.0. The summed E-state index contributed by atoms with van der Waals surface area (Å²) < 4.78 is 19.2. The van der Waals surface area contributed by atoms with E-state index < -0.39 is 6.04 Å². The summed E-state index contributed by atoms with van der Waals surface area (Å²) in [7, 11) is 4.71. The van der Waals surface area contributed by atoms with E-state index in [4.69, 9.17) is 19.2 Å². The van der Waals surface area contributed by atoms with Crippen molar-refractivity contribution in [2.45, 2.75) is 13.0 Å². The van der Waals surface area contributed by atoms with Crippen LogP contribution in [0.1, 0.15) is 24.1 Å². The van der Waals surface area contributed by atoms with Crippen molar-refractivity contribution in [2.24, 2.45) is 4.99 Å². The van der Waals surface area contributed by atoms with Gasteiger partial charge < -0.3 is 19.5 Å². The molecule has 4 aromatic rings. The predicted octanol–water partition coefficient (Wildman–Crippen LogP) is 4.66. The molecule has 0 radical (unpaired) electrons. The van der Waals surface area contributed by atoms with Gasteiger partial charge >= 0.3 is 0 Å². The Morgan fingerprint density at radius 2 is 1.75 bits per heavy atom. The number of methoxy groups -OCH3 is 3. The van der Waals surface area contributed by atoms with E-state index in [0.29, 0.717) is 49.1 Å². The smallest absolute Gasteiger partial charge is 0.271 e. The molecule has 1 amide bonds. The lowest BCUT2D eigenvalue weighted by molar-refractivity contribution is -0.113. The molecular weight excluding hydrogens is 594 g/mol. The topological polar surface area (TPSA) is 91.2 Å². The summed E-state index contributed by atoms with van der Waals surface area (Å²) in [5.74, 6) is 1.41. The Morgan fingerprint density at radius 3 is 2.42 bits per heavy atom. The number of carbonyl (C=O) groups is 1. The minimum atomic E-state index is -0.787. The van der Waals surface area contributed by atoms with Crippen LogP contribution in [-0.4, -0.2) is 31.8 Å². The Bertz CT molecular complexity index is 1810. The van der Waals surface area contributed by atoms with Crippen molar-refractivity contribution < 1.29 is 19.0 Å². The molecule has 3 aromatic carbocycles. The number of anilines is 1. The third-order valence-corrected chi connectivity index (χ3v) is 8.11. The molecule has 0 spiro atoms. The summed E-state index contributed by atoms with van der Waals surface area (Å²) in [6.07, 6.45) is 1.80. The molecule has 40 heavy (non-hydrogen) atoms. The van der Waals surface area contributed by atoms with Gasteiger partial charge in [-0.3, -0.25) is 14.2 Å². The third kappa shape index (κ3) is 5.20. The van der Waals surface area contributed by atoms with Crippen molar-refractivity contribution in [3.8, 4) is 17.2 Å². The van der Waals surface area contributed by atoms with Crippen LogP contribution >= 0.6 is 27.3 Å². The van der Waals surface area contributed by atoms with Gasteiger partial charge in [0.1, 0.15) is 23.3 Å². The molecule has 1 aliphatic rings. The number of carbonyl (C=O) groups excluding carboxylic acids is 1. The van der Waals surface area contributed by atoms with E-state index in [-0.39, 0.29) is 11.5 Å². The molecule has 10 heteroatoms. The van der Waals surface area contributed by atoms with Crippen LogP contribution < -0.4 is 34.4 Å². The molecule has 2 heterocycles. The highest BCUT2D eigenvalue weighted by atomic mass is 79.9. The average molecular weight is 621 g/mol. The third-order valence-electron chi connectivity index (χ3n) is 6.51. The van der Waals surface area contributed by atoms with Crippen LogP contribution in [-0.2, 0) is 4.79 Å². The molecule has 1 atom stereocenters. The molecule has 0 saturated carbocycles. The number of para-hydroxylation sites is 1. The molecule has 1 aromatic heterocycles. The largest absolute Gasteiger partial charge is 0.497 e. The van der Waals surface area contributed by atoms with Crippen LogP contribution in [0.5, 0.6) is 17.2 Å². The molecule has 0 unspecified atom stereocenters. The number of hydrogen-bond acceptors (Lipinski definition) is 7. The number of thiazole rings is 1. The monoisotopic (exact) mass is 619 g/mol. The summed E-state index contributed by atoms with van der Waals surface area (Å²) in [5, 5.41) is 2.96. The highest BCUT2D eigenvalue weighted by molar-refractivity contribution is 9.10. The second kappa shape index (κ2) is 11.5. The standard InChI is InChI=1S/C30H26BrN3O5S/c1-17-26(28(35)33-19-8-6-5-7-9-19)27(21-12-11-20(37-2)16-24(21)39-4)34-29(36)25(40-30(34)32-17)15-18-10-13-23(38-3)22(31)14-18/h5-16,27H,1-4H3,(H,33,35)/b25-15-/t27-/m0/s1. The van der Waals surface area contributed by atoms with Crippen molar-refractivity contribution in [1.82, 2.24) is 4.57 Å². The fraction of sp³-hybridized carbons (Fsp3) is 0.167. The summed E-state index contributed by atoms with van der Waals surface area (Å²) in [4.78, 5) is 33.0. The van der Waals surface area contributed by atoms with E-state index in [2.05, 4.69) is 21.2 Å². The number of halogens is 1. The summed E-state index contributed by atoms with van der Waals surface area (Å²) >= 11 is 4.77. The first kappa shape index (κ1) is 27.4. The van der Waals surface area contributed by atoms with Crippen molar-refractivity contribution >= 4 is 44.9 Å². The highest BCUT2D eigenvalue weighted by Gasteiger charge is 2.34. The van der Waals surface area contributed by atoms with Crippen molar-refractivity contribution in [2.75, 3.05) is 26.6 Å². The van der Waals surface area contributed by atoms with Gasteiger partial charge in [0, 0.05) is 17.3 Å². The second-order valence-electron chi connectivity index (χ2n) is 8.90. The van der Waals surface area contributed by atoms with Gasteiger partial charge in [0.25, 0.3) is 11.5 Å². The fourth-order valence-corrected chi connectivity index (χ4v) is 6.20. The van der Waals surface area contributed by atoms with Crippen molar-refractivity contribution in [1.29, 1.82) is 0 Å². The van der Waals surface area contributed by atoms with Crippen molar-refractivity contribution in [3.05, 3.63) is 113 Å². The number of nitrogens with zero attached hydrogens (tertiary/aromatic N) is 2. The van der Waals surface area contributed by atoms with Gasteiger partial charge in [-0.15, -0.1) is 0 Å². The highest BCUT2D eigenvalue weighted by Crippen LogP contribution is 2.37. The summed E-state index contributed by atoms with van der Waals surface area (Å²) in [6.45, 7) is 1.78. The minimum absolute atomic E-state index is 0.268. The number of nitrogens with one attached hydrogen (secondary N) is 1. The van der Waals surface area contributed by atoms with Crippen LogP contribution in [0.25, 0.3) is 6.08 Å². The maximum atomic E-state index is 14.0. The van der Waals surface area contributed by atoms with Gasteiger partial charge in [-0.25, -0.2) is 4.99 Å². The molecule has 0 saturated heterocycles. The number of fused-ring (bicyclic) bond motifs is 1. The molecule has 204 valence electrons. The lowest BCUT2D eigenvalue weighted by Crippen LogP contribution is -2.40. The molecule has 0 fully saturated rings. The quantitative estimate of drug-likeness (QED) is 0.325. The molecule has 0 aliphatic carbocycles. The number of ether oxygens (including phenoxy) is 3. The summed E-state index contributed by atoms with van der Waals surface area (Å²) in [6, 6.07) is 19.3. The zero-order valence-corrected chi connectivity index (χ0v) is 24.6. The first-order chi connectivity index (χ1) is 19.3. The Balaban J connectivity index is 1.71. The first-order valence-electron chi connectivity index (χ1n) is 12.3. The Morgan fingerprint density at radius 1 is 1.00 bits per heavy atom. The molecule has 1 N–H and O–H groups in total. The number of amides is 1. The maximum Gasteiger partial charge on any atom is 0.271 e. The van der Waals surface area contributed by atoms with E-state index in [1.807, 2.05) is 42.5 Å². The average Bonchev–Trinajstić information content (AvgIpc) is 3.26. The van der Waals surface area contributed by atoms with Crippen LogP contribution in [0.3, 0.4) is 0 Å². The van der Waals surface area contributed by atoms with E-state index >= 15 is 0 Å². The molecule has 5 rings (SSSR count). The van der Waals surface area contributed by atoms with E-state index in [1.165, 1.54) is 11.3 Å². The van der Waals surface area contributed by atoms with Gasteiger partial charge in [-0.05, 0) is 70.9 Å². The molecule has 8 nitrogen and oxygen atoms in total. The van der Waals surface area contributed by atoms with Gasteiger partial charge in [0.05, 0.1) is 41.6 Å². The van der Waals surface area contributed by atoms with E-state index in [1.54, 1.807) is 63.2 Å². The summed E-state index contributed by atoms with van der Waals surface area (Å²) in [5.41, 5.74) is 2.67. The van der Waals surface area contributed by atoms with Gasteiger partial charge in [0.2, 0.25) is 0 Å². The van der Waals surface area contributed by atoms with Gasteiger partial charge in [0.15, 0.2) is 4.80 Å². The first-order valence-corrected chi connectivity index (χ1v) is 13.9. The van der Waals surface area contributed by atoms with Crippen LogP contribution in [0, 0.1) is 0 Å². The lowest BCUT2D eigenvalue weighted by Gasteiger charge is -2.26. The molecule has 0 bridgehead atoms. The fourth-order valence-electron chi connectivity index (χ4n) is 4.59. The number of rotatable bonds is 7. The van der Waals surface area contributed by atoms with E-state index in [0.717, 1.165) is 10.0 Å². The molecular formula is C30H26BrN3O5S. The van der Waals surface area contributed by atoms with Gasteiger partial charge in [-0.1, -0.05) is 35.6 Å². The zero-order chi connectivity index (χ0) is 28.4. The number of benzene rings is 3. The predicted molar refractivity (Wildman–Crippen MR) is 159 cm³/mol. The van der Waals surface area contributed by atoms with Crippen LogP contribution in [0.4, 0.5) is 5.69 Å². The zero-order valence-electron chi connectivity index (χ0n) is 22.2. The minimum Gasteiger partial charge on any atom is -0.497 e. The van der Waals surface area contributed by atoms with E-state index in [9.17, 15) is 9.59 Å². The molecule has 1 aliphatic heterocycles. The van der Waals surface area contributed by atoms with Crippen LogP contribution in [0.15, 0.2) is 92.3 Å².